The lowest BCUT2D eigenvalue weighted by Gasteiger charge is -2.03. The number of benzene rings is 4. The van der Waals surface area contributed by atoms with Gasteiger partial charge in [0, 0.05) is 0 Å². The van der Waals surface area contributed by atoms with Gasteiger partial charge < -0.3 is 0 Å². The molecule has 0 fully saturated rings. The van der Waals surface area contributed by atoms with Crippen molar-refractivity contribution >= 4 is 27.6 Å². The second kappa shape index (κ2) is 6.10. The van der Waals surface area contributed by atoms with E-state index in [0.29, 0.717) is 0 Å². The molecule has 0 amide bonds. The van der Waals surface area contributed by atoms with Crippen LogP contribution in [0.15, 0.2) is 91.0 Å². The van der Waals surface area contributed by atoms with Gasteiger partial charge in [-0.15, -0.1) is 0 Å². The minimum atomic E-state index is 1.09. The number of hydrogen-bond donors (Lipinski definition) is 0. The standard InChI is InChI=1S/C13H10.C10H8/c1-2-6-12-10(4-1)8-9-11-5-3-7-13(11)12;1-2-6-10-8-4-3-7-9(10)5-1/h1-6,8-9H,7H2;1-8H. The minimum Gasteiger partial charge on any atom is -0.0795 e. The Morgan fingerprint density at radius 2 is 1.09 bits per heavy atom. The van der Waals surface area contributed by atoms with Crippen LogP contribution in [0.2, 0.25) is 0 Å². The van der Waals surface area contributed by atoms with Crippen LogP contribution in [0.5, 0.6) is 0 Å². The van der Waals surface area contributed by atoms with Crippen molar-refractivity contribution in [2.45, 2.75) is 6.42 Å². The molecule has 23 heavy (non-hydrogen) atoms. The lowest BCUT2D eigenvalue weighted by atomic mass is 10.0. The first-order valence-electron chi connectivity index (χ1n) is 8.03. The molecule has 4 aromatic rings. The highest BCUT2D eigenvalue weighted by Gasteiger charge is 2.07. The first kappa shape index (κ1) is 13.8. The highest BCUT2D eigenvalue weighted by Crippen LogP contribution is 2.27. The molecule has 0 N–H and O–H groups in total. The van der Waals surface area contributed by atoms with Crippen molar-refractivity contribution in [3.05, 3.63) is 102 Å². The molecule has 0 heterocycles. The van der Waals surface area contributed by atoms with Crippen molar-refractivity contribution in [1.82, 2.24) is 0 Å². The molecule has 0 atom stereocenters. The molecule has 0 spiro atoms. The molecule has 0 unspecified atom stereocenters. The van der Waals surface area contributed by atoms with E-state index in [-0.39, 0.29) is 0 Å². The summed E-state index contributed by atoms with van der Waals surface area (Å²) in [5, 5.41) is 5.38. The van der Waals surface area contributed by atoms with Gasteiger partial charge in [0.15, 0.2) is 0 Å². The monoisotopic (exact) mass is 294 g/mol. The Balaban J connectivity index is 0.000000122. The molecule has 0 bridgehead atoms. The van der Waals surface area contributed by atoms with E-state index in [9.17, 15) is 0 Å². The van der Waals surface area contributed by atoms with Crippen molar-refractivity contribution < 1.29 is 0 Å². The summed E-state index contributed by atoms with van der Waals surface area (Å²) in [7, 11) is 0. The van der Waals surface area contributed by atoms with Gasteiger partial charge in [0.1, 0.15) is 0 Å². The normalized spacial score (nSPS) is 12.0. The maximum atomic E-state index is 2.23. The van der Waals surface area contributed by atoms with Gasteiger partial charge in [-0.25, -0.2) is 0 Å². The summed E-state index contributed by atoms with van der Waals surface area (Å²) in [6.07, 6.45) is 5.54. The third-order valence-corrected chi connectivity index (χ3v) is 4.35. The van der Waals surface area contributed by atoms with Gasteiger partial charge in [0.2, 0.25) is 0 Å². The molecule has 0 saturated heterocycles. The smallest absolute Gasteiger partial charge is 0.00820 e. The molecule has 0 nitrogen and oxygen atoms in total. The van der Waals surface area contributed by atoms with Crippen LogP contribution in [-0.2, 0) is 6.42 Å². The van der Waals surface area contributed by atoms with Crippen LogP contribution in [0, 0.1) is 0 Å². The Kier molecular flexibility index (Phi) is 3.65. The summed E-state index contributed by atoms with van der Waals surface area (Å²) in [5.74, 6) is 0. The van der Waals surface area contributed by atoms with Gasteiger partial charge in [-0.2, -0.15) is 0 Å². The summed E-state index contributed by atoms with van der Waals surface area (Å²) in [6.45, 7) is 0. The fourth-order valence-corrected chi connectivity index (χ4v) is 3.17. The molecule has 0 radical (unpaired) electrons. The lowest BCUT2D eigenvalue weighted by molar-refractivity contribution is 1.35. The van der Waals surface area contributed by atoms with Crippen LogP contribution in [0.4, 0.5) is 0 Å². The van der Waals surface area contributed by atoms with Crippen molar-refractivity contribution in [2.24, 2.45) is 0 Å². The first-order valence-corrected chi connectivity index (χ1v) is 8.03. The molecule has 0 aliphatic heterocycles. The average molecular weight is 294 g/mol. The molecule has 4 aromatic carbocycles. The zero-order valence-electron chi connectivity index (χ0n) is 12.9. The SMILES string of the molecule is C1=Cc2ccc3ccccc3c2C1.c1ccc2ccccc2c1. The van der Waals surface area contributed by atoms with Crippen LogP contribution in [-0.4, -0.2) is 0 Å². The molecule has 0 heteroatoms. The van der Waals surface area contributed by atoms with Gasteiger partial charge in [-0.05, 0) is 39.1 Å². The third kappa shape index (κ3) is 2.76. The van der Waals surface area contributed by atoms with Crippen LogP contribution < -0.4 is 0 Å². The van der Waals surface area contributed by atoms with E-state index in [1.165, 1.54) is 32.7 Å². The second-order valence-corrected chi connectivity index (χ2v) is 5.81. The van der Waals surface area contributed by atoms with Gasteiger partial charge in [0.05, 0.1) is 0 Å². The minimum absolute atomic E-state index is 1.09. The Bertz CT molecular complexity index is 927. The first-order chi connectivity index (χ1) is 11.4. The van der Waals surface area contributed by atoms with Gasteiger partial charge in [-0.1, -0.05) is 97.1 Å². The molecular weight excluding hydrogens is 276 g/mol. The van der Waals surface area contributed by atoms with E-state index in [1.807, 2.05) is 0 Å². The number of fused-ring (bicyclic) bond motifs is 4. The summed E-state index contributed by atoms with van der Waals surface area (Å²) in [6, 6.07) is 29.7. The molecule has 0 saturated carbocycles. The van der Waals surface area contributed by atoms with E-state index < -0.39 is 0 Å². The Morgan fingerprint density at radius 3 is 1.74 bits per heavy atom. The lowest BCUT2D eigenvalue weighted by Crippen LogP contribution is -1.83. The zero-order chi connectivity index (χ0) is 15.5. The van der Waals surface area contributed by atoms with Crippen LogP contribution >= 0.6 is 0 Å². The van der Waals surface area contributed by atoms with Crippen LogP contribution in [0.1, 0.15) is 11.1 Å². The Morgan fingerprint density at radius 1 is 0.522 bits per heavy atom. The second-order valence-electron chi connectivity index (χ2n) is 5.81. The summed E-state index contributed by atoms with van der Waals surface area (Å²) in [4.78, 5) is 0. The number of hydrogen-bond acceptors (Lipinski definition) is 0. The highest BCUT2D eigenvalue weighted by atomic mass is 14.1. The third-order valence-electron chi connectivity index (χ3n) is 4.35. The van der Waals surface area contributed by atoms with Gasteiger partial charge in [-0.3, -0.25) is 0 Å². The van der Waals surface area contributed by atoms with E-state index in [0.717, 1.165) is 6.42 Å². The maximum absolute atomic E-state index is 2.23. The molecule has 110 valence electrons. The Hall–Kier alpha value is -2.86. The van der Waals surface area contributed by atoms with Crippen molar-refractivity contribution in [2.75, 3.05) is 0 Å². The van der Waals surface area contributed by atoms with Gasteiger partial charge in [0.25, 0.3) is 0 Å². The maximum Gasteiger partial charge on any atom is -0.00820 e. The fraction of sp³-hybridized carbons (Fsp3) is 0.0435. The Labute approximate surface area is 136 Å². The highest BCUT2D eigenvalue weighted by molar-refractivity contribution is 5.90. The number of allylic oxidation sites excluding steroid dienone is 1. The van der Waals surface area contributed by atoms with Crippen molar-refractivity contribution in [1.29, 1.82) is 0 Å². The van der Waals surface area contributed by atoms with E-state index in [4.69, 9.17) is 0 Å². The topological polar surface area (TPSA) is 0 Å². The van der Waals surface area contributed by atoms with E-state index >= 15 is 0 Å². The van der Waals surface area contributed by atoms with E-state index in [1.54, 1.807) is 0 Å². The summed E-state index contributed by atoms with van der Waals surface area (Å²) < 4.78 is 0. The predicted octanol–water partition coefficient (Wildman–Crippen LogP) is 6.25. The molecule has 0 aromatic heterocycles. The van der Waals surface area contributed by atoms with Gasteiger partial charge >= 0.3 is 0 Å². The summed E-state index contributed by atoms with van der Waals surface area (Å²) >= 11 is 0. The van der Waals surface area contributed by atoms with Crippen LogP contribution in [0.25, 0.3) is 27.6 Å². The van der Waals surface area contributed by atoms with E-state index in [2.05, 4.69) is 97.1 Å². The summed E-state index contributed by atoms with van der Waals surface area (Å²) in [5.41, 5.74) is 2.87. The van der Waals surface area contributed by atoms with Crippen LogP contribution in [0.3, 0.4) is 0 Å². The molecular formula is C23H18. The quantitative estimate of drug-likeness (QED) is 0.359. The molecule has 5 rings (SSSR count). The number of rotatable bonds is 0. The largest absolute Gasteiger partial charge is 0.0795 e. The zero-order valence-corrected chi connectivity index (χ0v) is 12.9. The predicted molar refractivity (Wildman–Crippen MR) is 101 cm³/mol. The van der Waals surface area contributed by atoms with Crippen molar-refractivity contribution in [3.8, 4) is 0 Å². The average Bonchev–Trinajstić information content (AvgIpc) is 3.12. The van der Waals surface area contributed by atoms with Crippen molar-refractivity contribution in [3.63, 3.8) is 0 Å². The fourth-order valence-electron chi connectivity index (χ4n) is 3.17. The molecule has 1 aliphatic carbocycles. The molecule has 1 aliphatic rings.